The zero-order valence-corrected chi connectivity index (χ0v) is 23.2. The molecule has 0 unspecified atom stereocenters. The second-order valence-electron chi connectivity index (χ2n) is 10.8. The molecule has 0 N–H and O–H groups in total. The van der Waals surface area contributed by atoms with Gasteiger partial charge in [0.15, 0.2) is 0 Å². The minimum atomic E-state index is 0.210. The van der Waals surface area contributed by atoms with E-state index in [0.29, 0.717) is 28.4 Å². The number of thioether (sulfide) groups is 1. The Kier molecular flexibility index (Phi) is 8.81. The first-order chi connectivity index (χ1) is 18.6. The summed E-state index contributed by atoms with van der Waals surface area (Å²) in [6.07, 6.45) is 11.9. The number of hydrogen-bond donors (Lipinski definition) is 0. The van der Waals surface area contributed by atoms with E-state index in [2.05, 4.69) is 42.2 Å². The zero-order valence-electron chi connectivity index (χ0n) is 22.4. The molecule has 0 bridgehead atoms. The number of aromatic nitrogens is 1. The van der Waals surface area contributed by atoms with Crippen molar-refractivity contribution >= 4 is 17.7 Å². The lowest BCUT2D eigenvalue weighted by atomic mass is 9.88. The maximum absolute atomic E-state index is 13.9. The molecule has 5 heteroatoms. The van der Waals surface area contributed by atoms with Crippen LogP contribution in [-0.2, 0) is 4.79 Å². The average Bonchev–Trinajstić information content (AvgIpc) is 2.97. The first kappa shape index (κ1) is 26.5. The molecule has 196 valence electrons. The third-order valence-electron chi connectivity index (χ3n) is 8.09. The topological polar surface area (TPSA) is 57.0 Å². The SMILES string of the molecule is Cc1ccc(-c2cc(-c3ccccc3)nc(SCC(=O)N(C3CCCCC3)C3CCCCC3)c2C#N)cc1. The zero-order chi connectivity index (χ0) is 26.3. The molecule has 2 saturated carbocycles. The van der Waals surface area contributed by atoms with Gasteiger partial charge in [0.25, 0.3) is 0 Å². The molecular weight excluding hydrogens is 486 g/mol. The Morgan fingerprint density at radius 3 is 2.08 bits per heavy atom. The molecule has 2 fully saturated rings. The maximum atomic E-state index is 13.9. The van der Waals surface area contributed by atoms with Gasteiger partial charge >= 0.3 is 0 Å². The summed E-state index contributed by atoms with van der Waals surface area (Å²) in [5, 5.41) is 10.9. The average molecular weight is 524 g/mol. The number of nitrogens with zero attached hydrogens (tertiary/aromatic N) is 3. The molecule has 38 heavy (non-hydrogen) atoms. The van der Waals surface area contributed by atoms with Crippen molar-refractivity contribution in [1.29, 1.82) is 5.26 Å². The van der Waals surface area contributed by atoms with Gasteiger partial charge in [0, 0.05) is 23.2 Å². The normalized spacial score (nSPS) is 16.6. The predicted octanol–water partition coefficient (Wildman–Crippen LogP) is 8.18. The van der Waals surface area contributed by atoms with Gasteiger partial charge in [-0.15, -0.1) is 0 Å². The molecule has 0 atom stereocenters. The smallest absolute Gasteiger partial charge is 0.233 e. The fraction of sp³-hybridized carbons (Fsp3) is 0.424. The van der Waals surface area contributed by atoms with E-state index in [9.17, 15) is 10.1 Å². The molecule has 1 aromatic heterocycles. The van der Waals surface area contributed by atoms with E-state index >= 15 is 0 Å². The summed E-state index contributed by atoms with van der Waals surface area (Å²) in [4.78, 5) is 21.1. The Hall–Kier alpha value is -3.10. The van der Waals surface area contributed by atoms with Crippen molar-refractivity contribution < 1.29 is 4.79 Å². The number of benzene rings is 2. The lowest BCUT2D eigenvalue weighted by molar-refractivity contribution is -0.135. The monoisotopic (exact) mass is 523 g/mol. The van der Waals surface area contributed by atoms with Crippen LogP contribution in [0.5, 0.6) is 0 Å². The van der Waals surface area contributed by atoms with Gasteiger partial charge in [-0.25, -0.2) is 4.98 Å². The Morgan fingerprint density at radius 2 is 1.50 bits per heavy atom. The van der Waals surface area contributed by atoms with Crippen LogP contribution in [0.1, 0.15) is 75.3 Å². The Labute approximate surface area is 231 Å². The summed E-state index contributed by atoms with van der Waals surface area (Å²) < 4.78 is 0. The van der Waals surface area contributed by atoms with Crippen molar-refractivity contribution in [2.24, 2.45) is 0 Å². The molecule has 0 aliphatic heterocycles. The number of pyridine rings is 1. The van der Waals surface area contributed by atoms with Crippen LogP contribution in [0.2, 0.25) is 0 Å². The summed E-state index contributed by atoms with van der Waals surface area (Å²) in [6, 6.07) is 23.5. The summed E-state index contributed by atoms with van der Waals surface area (Å²) in [5.74, 6) is 0.529. The van der Waals surface area contributed by atoms with Crippen molar-refractivity contribution in [2.45, 2.75) is 88.2 Å². The minimum absolute atomic E-state index is 0.210. The number of aryl methyl sites for hydroxylation is 1. The van der Waals surface area contributed by atoms with Crippen LogP contribution in [0.4, 0.5) is 0 Å². The number of nitriles is 1. The van der Waals surface area contributed by atoms with E-state index in [4.69, 9.17) is 4.98 Å². The lowest BCUT2D eigenvalue weighted by Crippen LogP contribution is -2.49. The van der Waals surface area contributed by atoms with Crippen molar-refractivity contribution in [1.82, 2.24) is 9.88 Å². The molecule has 0 radical (unpaired) electrons. The highest BCUT2D eigenvalue weighted by Crippen LogP contribution is 2.36. The van der Waals surface area contributed by atoms with Crippen molar-refractivity contribution in [3.05, 3.63) is 71.8 Å². The molecule has 4 nitrogen and oxygen atoms in total. The number of carbonyl (C=O) groups is 1. The summed E-state index contributed by atoms with van der Waals surface area (Å²) in [7, 11) is 0. The third-order valence-corrected chi connectivity index (χ3v) is 9.05. The number of rotatable bonds is 7. The highest BCUT2D eigenvalue weighted by Gasteiger charge is 2.32. The van der Waals surface area contributed by atoms with Gasteiger partial charge in [0.05, 0.1) is 17.0 Å². The van der Waals surface area contributed by atoms with Crippen molar-refractivity contribution in [2.75, 3.05) is 5.75 Å². The minimum Gasteiger partial charge on any atom is -0.336 e. The van der Waals surface area contributed by atoms with Crippen LogP contribution >= 0.6 is 11.8 Å². The third kappa shape index (κ3) is 6.13. The van der Waals surface area contributed by atoms with E-state index in [1.807, 2.05) is 36.4 Å². The van der Waals surface area contributed by atoms with Crippen LogP contribution in [-0.4, -0.2) is 33.6 Å². The molecule has 0 saturated heterocycles. The predicted molar refractivity (Wildman–Crippen MR) is 156 cm³/mol. The maximum Gasteiger partial charge on any atom is 0.233 e. The molecule has 3 aromatic rings. The Morgan fingerprint density at radius 1 is 0.895 bits per heavy atom. The Bertz CT molecular complexity index is 1250. The second kappa shape index (κ2) is 12.6. The lowest BCUT2D eigenvalue weighted by Gasteiger charge is -2.41. The van der Waals surface area contributed by atoms with Crippen LogP contribution in [0.25, 0.3) is 22.4 Å². The molecule has 1 amide bonds. The van der Waals surface area contributed by atoms with E-state index in [1.165, 1.54) is 55.9 Å². The summed E-state index contributed by atoms with van der Waals surface area (Å²) >= 11 is 1.43. The van der Waals surface area contributed by atoms with E-state index in [-0.39, 0.29) is 5.91 Å². The quantitative estimate of drug-likeness (QED) is 0.293. The van der Waals surface area contributed by atoms with Gasteiger partial charge in [-0.2, -0.15) is 5.26 Å². The van der Waals surface area contributed by atoms with Crippen molar-refractivity contribution in [3.8, 4) is 28.5 Å². The summed E-state index contributed by atoms with van der Waals surface area (Å²) in [6.45, 7) is 2.06. The number of amides is 1. The molecule has 2 aliphatic carbocycles. The first-order valence-corrected chi connectivity index (χ1v) is 15.1. The Balaban J connectivity index is 1.47. The van der Waals surface area contributed by atoms with Gasteiger partial charge in [-0.05, 0) is 44.2 Å². The fourth-order valence-electron chi connectivity index (χ4n) is 6.08. The van der Waals surface area contributed by atoms with E-state index < -0.39 is 0 Å². The standard InChI is InChI=1S/C33H37N3OS/c1-24-17-19-25(20-18-24)29-21-31(26-11-5-2-6-12-26)35-33(30(29)22-34)38-23-32(37)36(27-13-7-3-8-14-27)28-15-9-4-10-16-28/h2,5-6,11-12,17-21,27-28H,3-4,7-10,13-16,23H2,1H3. The van der Waals surface area contributed by atoms with Gasteiger partial charge in [-0.3, -0.25) is 4.79 Å². The molecule has 1 heterocycles. The van der Waals surface area contributed by atoms with Gasteiger partial charge < -0.3 is 4.90 Å². The molecular formula is C33H37N3OS. The summed E-state index contributed by atoms with van der Waals surface area (Å²) in [5.41, 5.74) is 5.42. The van der Waals surface area contributed by atoms with E-state index in [0.717, 1.165) is 48.1 Å². The van der Waals surface area contributed by atoms with Crippen molar-refractivity contribution in [3.63, 3.8) is 0 Å². The van der Waals surface area contributed by atoms with Crippen LogP contribution in [0, 0.1) is 18.3 Å². The first-order valence-electron chi connectivity index (χ1n) is 14.2. The van der Waals surface area contributed by atoms with Crippen LogP contribution in [0.15, 0.2) is 65.7 Å². The fourth-order valence-corrected chi connectivity index (χ4v) is 6.95. The highest BCUT2D eigenvalue weighted by atomic mass is 32.2. The van der Waals surface area contributed by atoms with Gasteiger partial charge in [-0.1, -0.05) is 110 Å². The molecule has 0 spiro atoms. The number of carbonyl (C=O) groups excluding carboxylic acids is 1. The molecule has 2 aliphatic rings. The second-order valence-corrected chi connectivity index (χ2v) is 11.7. The molecule has 2 aromatic carbocycles. The van der Waals surface area contributed by atoms with E-state index in [1.54, 1.807) is 0 Å². The largest absolute Gasteiger partial charge is 0.336 e. The number of hydrogen-bond acceptors (Lipinski definition) is 4. The highest BCUT2D eigenvalue weighted by molar-refractivity contribution is 8.00. The van der Waals surface area contributed by atoms with Gasteiger partial charge in [0.2, 0.25) is 5.91 Å². The van der Waals surface area contributed by atoms with Gasteiger partial charge in [0.1, 0.15) is 11.1 Å². The molecule has 5 rings (SSSR count). The van der Waals surface area contributed by atoms with Crippen LogP contribution in [0.3, 0.4) is 0 Å². The van der Waals surface area contributed by atoms with Crippen LogP contribution < -0.4 is 0 Å².